The van der Waals surface area contributed by atoms with Crippen LogP contribution in [0.3, 0.4) is 0 Å². The maximum atomic E-state index is 13.8. The van der Waals surface area contributed by atoms with Crippen LogP contribution >= 0.6 is 24.4 Å². The van der Waals surface area contributed by atoms with Gasteiger partial charge in [0.05, 0.1) is 36.2 Å². The lowest BCUT2D eigenvalue weighted by Crippen LogP contribution is -2.27. The summed E-state index contributed by atoms with van der Waals surface area (Å²) in [7, 11) is 2.89. The second-order valence-electron chi connectivity index (χ2n) is 6.55. The number of carbonyl (C=O) groups excluding carboxylic acids is 2. The fourth-order valence-electron chi connectivity index (χ4n) is 2.80. The first-order chi connectivity index (χ1) is 15.7. The number of hydrogen-bond donors (Lipinski definition) is 3. The van der Waals surface area contributed by atoms with Crippen molar-refractivity contribution in [3.8, 4) is 11.5 Å². The van der Waals surface area contributed by atoms with Crippen LogP contribution in [0.15, 0.2) is 54.6 Å². The third-order valence-corrected chi connectivity index (χ3v) is 5.16. The Balaban J connectivity index is 1.70. The molecule has 0 radical (unpaired) electrons. The minimum absolute atomic E-state index is 0.275. The largest absolute Gasteiger partial charge is 0.495 e. The number of rotatable bonds is 6. The predicted molar refractivity (Wildman–Crippen MR) is 126 cm³/mol. The van der Waals surface area contributed by atoms with Crippen molar-refractivity contribution < 1.29 is 27.8 Å². The monoisotopic (exact) mass is 493 g/mol. The first-order valence-corrected chi connectivity index (χ1v) is 10.1. The van der Waals surface area contributed by atoms with Crippen molar-refractivity contribution in [2.75, 3.05) is 29.2 Å². The van der Waals surface area contributed by atoms with Crippen LogP contribution in [0.25, 0.3) is 0 Å². The SMILES string of the molecule is COc1cc(OC)c(NC(=O)N(S)c2ccc(NC(=O)c3ccc(F)cc3F)cc2)cc1Cl. The van der Waals surface area contributed by atoms with E-state index in [0.717, 1.165) is 16.4 Å². The highest BCUT2D eigenvalue weighted by Gasteiger charge is 2.18. The molecule has 0 aliphatic heterocycles. The Labute approximate surface area is 198 Å². The van der Waals surface area contributed by atoms with Crippen LogP contribution in [-0.2, 0) is 0 Å². The molecule has 0 heterocycles. The van der Waals surface area contributed by atoms with Crippen molar-refractivity contribution in [1.82, 2.24) is 0 Å². The van der Waals surface area contributed by atoms with Crippen LogP contribution in [0.4, 0.5) is 30.6 Å². The lowest BCUT2D eigenvalue weighted by atomic mass is 10.2. The Morgan fingerprint density at radius 1 is 0.939 bits per heavy atom. The molecule has 0 saturated heterocycles. The summed E-state index contributed by atoms with van der Waals surface area (Å²) in [6.07, 6.45) is 0. The molecule has 0 aromatic heterocycles. The molecule has 2 N–H and O–H groups in total. The van der Waals surface area contributed by atoms with Crippen molar-refractivity contribution in [1.29, 1.82) is 0 Å². The number of carbonyl (C=O) groups is 2. The summed E-state index contributed by atoms with van der Waals surface area (Å²) in [5.74, 6) is -1.79. The number of nitrogens with zero attached hydrogens (tertiary/aromatic N) is 1. The summed E-state index contributed by atoms with van der Waals surface area (Å²) in [5.41, 5.74) is 0.707. The smallest absolute Gasteiger partial charge is 0.336 e. The average molecular weight is 494 g/mol. The molecule has 0 unspecified atom stereocenters. The average Bonchev–Trinajstić information content (AvgIpc) is 2.79. The van der Waals surface area contributed by atoms with E-state index in [4.69, 9.17) is 21.1 Å². The number of benzene rings is 3. The van der Waals surface area contributed by atoms with Gasteiger partial charge in [0.1, 0.15) is 23.1 Å². The quantitative estimate of drug-likeness (QED) is 0.381. The summed E-state index contributed by atoms with van der Waals surface area (Å²) < 4.78 is 38.2. The Morgan fingerprint density at radius 2 is 1.61 bits per heavy atom. The molecular weight excluding hydrogens is 476 g/mol. The summed E-state index contributed by atoms with van der Waals surface area (Å²) >= 11 is 10.3. The molecule has 0 aliphatic rings. The molecule has 3 rings (SSSR count). The van der Waals surface area contributed by atoms with Crippen molar-refractivity contribution in [2.24, 2.45) is 0 Å². The number of hydrogen-bond acceptors (Lipinski definition) is 5. The van der Waals surface area contributed by atoms with Gasteiger partial charge in [0, 0.05) is 17.8 Å². The van der Waals surface area contributed by atoms with Gasteiger partial charge >= 0.3 is 6.03 Å². The van der Waals surface area contributed by atoms with Crippen LogP contribution in [0, 0.1) is 11.6 Å². The minimum Gasteiger partial charge on any atom is -0.495 e. The molecule has 172 valence electrons. The van der Waals surface area contributed by atoms with Crippen LogP contribution < -0.4 is 24.4 Å². The summed E-state index contributed by atoms with van der Waals surface area (Å²) in [5, 5.41) is 5.41. The lowest BCUT2D eigenvalue weighted by molar-refractivity contribution is 0.102. The number of anilines is 3. The van der Waals surface area contributed by atoms with E-state index in [2.05, 4.69) is 23.4 Å². The number of ether oxygens (including phenoxy) is 2. The standard InChI is InChI=1S/C22H18ClF2N3O4S/c1-31-19-11-20(32-2)18(10-16(19)23)27-22(30)28(33)14-6-4-13(5-7-14)26-21(29)15-8-3-12(24)9-17(15)25/h3-11,33H,1-2H3,(H,26,29)(H,27,30). The fraction of sp³-hybridized carbons (Fsp3) is 0.0909. The number of halogens is 3. The molecule has 3 aromatic rings. The van der Waals surface area contributed by atoms with Crippen molar-refractivity contribution >= 4 is 53.4 Å². The van der Waals surface area contributed by atoms with Crippen LogP contribution in [0.5, 0.6) is 11.5 Å². The Hall–Kier alpha value is -3.50. The zero-order valence-corrected chi connectivity index (χ0v) is 19.0. The zero-order chi connectivity index (χ0) is 24.1. The van der Waals surface area contributed by atoms with E-state index < -0.39 is 23.6 Å². The molecule has 0 saturated carbocycles. The second kappa shape index (κ2) is 10.4. The lowest BCUT2D eigenvalue weighted by Gasteiger charge is -2.19. The first kappa shape index (κ1) is 24.1. The summed E-state index contributed by atoms with van der Waals surface area (Å²) in [6.45, 7) is 0. The van der Waals surface area contributed by atoms with E-state index >= 15 is 0 Å². The maximum Gasteiger partial charge on any atom is 0.336 e. The summed E-state index contributed by atoms with van der Waals surface area (Å²) in [6, 6.07) is 11.1. The van der Waals surface area contributed by atoms with Gasteiger partial charge in [0.15, 0.2) is 0 Å². The maximum absolute atomic E-state index is 13.8. The van der Waals surface area contributed by atoms with E-state index in [-0.39, 0.29) is 10.6 Å². The molecule has 3 amide bonds. The third-order valence-electron chi connectivity index (χ3n) is 4.45. The van der Waals surface area contributed by atoms with Gasteiger partial charge in [-0.25, -0.2) is 17.9 Å². The Bertz CT molecular complexity index is 1200. The molecule has 0 fully saturated rings. The fourth-order valence-corrected chi connectivity index (χ4v) is 3.23. The van der Waals surface area contributed by atoms with E-state index in [9.17, 15) is 18.4 Å². The van der Waals surface area contributed by atoms with Crippen molar-refractivity contribution in [2.45, 2.75) is 0 Å². The van der Waals surface area contributed by atoms with E-state index in [0.29, 0.717) is 34.6 Å². The van der Waals surface area contributed by atoms with E-state index in [1.165, 1.54) is 50.6 Å². The highest BCUT2D eigenvalue weighted by Crippen LogP contribution is 2.36. The van der Waals surface area contributed by atoms with Crippen molar-refractivity contribution in [3.05, 3.63) is 76.8 Å². The van der Waals surface area contributed by atoms with E-state index in [1.807, 2.05) is 0 Å². The molecule has 11 heteroatoms. The van der Waals surface area contributed by atoms with Gasteiger partial charge in [-0.2, -0.15) is 0 Å². The Kier molecular flexibility index (Phi) is 7.62. The molecule has 3 aromatic carbocycles. The third kappa shape index (κ3) is 5.65. The second-order valence-corrected chi connectivity index (χ2v) is 7.36. The van der Waals surface area contributed by atoms with Gasteiger partial charge in [-0.1, -0.05) is 24.4 Å². The molecule has 7 nitrogen and oxygen atoms in total. The van der Waals surface area contributed by atoms with Gasteiger partial charge < -0.3 is 20.1 Å². The predicted octanol–water partition coefficient (Wildman–Crippen LogP) is 5.77. The molecule has 0 bridgehead atoms. The van der Waals surface area contributed by atoms with Gasteiger partial charge in [-0.15, -0.1) is 0 Å². The highest BCUT2D eigenvalue weighted by atomic mass is 35.5. The molecule has 0 spiro atoms. The van der Waals surface area contributed by atoms with Crippen molar-refractivity contribution in [3.63, 3.8) is 0 Å². The number of urea groups is 1. The molecule has 33 heavy (non-hydrogen) atoms. The number of amides is 3. The summed E-state index contributed by atoms with van der Waals surface area (Å²) in [4.78, 5) is 24.8. The molecule has 0 atom stereocenters. The number of thiol groups is 1. The topological polar surface area (TPSA) is 79.9 Å². The first-order valence-electron chi connectivity index (χ1n) is 9.31. The Morgan fingerprint density at radius 3 is 2.21 bits per heavy atom. The zero-order valence-electron chi connectivity index (χ0n) is 17.4. The van der Waals surface area contributed by atoms with Crippen LogP contribution in [-0.4, -0.2) is 26.2 Å². The van der Waals surface area contributed by atoms with Gasteiger partial charge in [-0.05, 0) is 42.5 Å². The van der Waals surface area contributed by atoms with Crippen LogP contribution in [0.2, 0.25) is 5.02 Å². The molecular formula is C22H18ClF2N3O4S. The van der Waals surface area contributed by atoms with E-state index in [1.54, 1.807) is 0 Å². The number of methoxy groups -OCH3 is 2. The van der Waals surface area contributed by atoms with Crippen LogP contribution in [0.1, 0.15) is 10.4 Å². The molecule has 0 aliphatic carbocycles. The highest BCUT2D eigenvalue weighted by molar-refractivity contribution is 7.82. The van der Waals surface area contributed by atoms with Gasteiger partial charge in [-0.3, -0.25) is 4.79 Å². The minimum atomic E-state index is -0.976. The number of nitrogens with one attached hydrogen (secondary N) is 2. The van der Waals surface area contributed by atoms with Gasteiger partial charge in [0.2, 0.25) is 0 Å². The normalized spacial score (nSPS) is 10.4. The van der Waals surface area contributed by atoms with Gasteiger partial charge in [0.25, 0.3) is 5.91 Å².